The molecule has 6 rings (SSSR count). The Morgan fingerprint density at radius 3 is 2.73 bits per heavy atom. The first-order chi connectivity index (χ1) is 21.4. The Morgan fingerprint density at radius 2 is 2.02 bits per heavy atom. The number of methoxy groups -OCH3 is 2. The summed E-state index contributed by atoms with van der Waals surface area (Å²) < 4.78 is 38.7. The van der Waals surface area contributed by atoms with Gasteiger partial charge in [0.2, 0.25) is 5.88 Å². The lowest BCUT2D eigenvalue weighted by atomic mass is 10.1. The molecule has 1 fully saturated rings. The third-order valence-corrected chi connectivity index (χ3v) is 7.56. The van der Waals surface area contributed by atoms with E-state index in [0.29, 0.717) is 67.1 Å². The molecule has 13 heteroatoms. The lowest BCUT2D eigenvalue weighted by Crippen LogP contribution is -2.38. The minimum atomic E-state index is -0.613. The Hall–Kier alpha value is -5.22. The quantitative estimate of drug-likeness (QED) is 0.248. The zero-order chi connectivity index (χ0) is 30.6. The molecule has 0 unspecified atom stereocenters. The van der Waals surface area contributed by atoms with Crippen LogP contribution in [0.5, 0.6) is 11.6 Å². The van der Waals surface area contributed by atoms with Crippen molar-refractivity contribution in [2.75, 3.05) is 38.8 Å². The maximum absolute atomic E-state index is 15.0. The van der Waals surface area contributed by atoms with Crippen LogP contribution in [0.1, 0.15) is 33.7 Å². The standard InChI is InChI=1S/C31H30FN7O5/c1-41-26-12-20(15-33)6-7-21(26)18-44-29-5-3-4-27(35-29)37-9-10-38(34-19-37)17-28-36-30-24(32)13-22(31(40)42-2)14-25(30)39(28)16-23-8-11-43-23/h3-7,12-14,19,23H,8-11,16-18H2,1-2H3/t23-/m0/s1. The van der Waals surface area contributed by atoms with Crippen LogP contribution in [0.15, 0.2) is 53.6 Å². The number of esters is 1. The maximum atomic E-state index is 15.0. The number of carbonyl (C=O) groups is 1. The highest BCUT2D eigenvalue weighted by Crippen LogP contribution is 2.27. The van der Waals surface area contributed by atoms with Crippen molar-refractivity contribution in [3.63, 3.8) is 0 Å². The first kappa shape index (κ1) is 28.9. The van der Waals surface area contributed by atoms with Crippen molar-refractivity contribution in [3.8, 4) is 17.7 Å². The molecule has 44 heavy (non-hydrogen) atoms. The fourth-order valence-corrected chi connectivity index (χ4v) is 5.08. The fourth-order valence-electron chi connectivity index (χ4n) is 5.08. The Bertz CT molecular complexity index is 1760. The van der Waals surface area contributed by atoms with Gasteiger partial charge in [-0.1, -0.05) is 12.1 Å². The third-order valence-electron chi connectivity index (χ3n) is 7.56. The van der Waals surface area contributed by atoms with Gasteiger partial charge < -0.3 is 28.4 Å². The number of hydrazone groups is 1. The zero-order valence-corrected chi connectivity index (χ0v) is 24.3. The van der Waals surface area contributed by atoms with Gasteiger partial charge in [-0.3, -0.25) is 5.01 Å². The number of rotatable bonds is 10. The average molecular weight is 600 g/mol. The first-order valence-electron chi connectivity index (χ1n) is 14.1. The van der Waals surface area contributed by atoms with Crippen molar-refractivity contribution in [2.24, 2.45) is 5.10 Å². The van der Waals surface area contributed by atoms with Gasteiger partial charge in [-0.05, 0) is 36.8 Å². The second kappa shape index (κ2) is 12.6. The van der Waals surface area contributed by atoms with E-state index in [4.69, 9.17) is 24.2 Å². The normalized spacial score (nSPS) is 16.0. The molecule has 0 bridgehead atoms. The molecule has 0 N–H and O–H groups in total. The summed E-state index contributed by atoms with van der Waals surface area (Å²) in [7, 11) is 2.82. The Labute approximate surface area is 252 Å². The van der Waals surface area contributed by atoms with Crippen molar-refractivity contribution < 1.29 is 28.1 Å². The number of hydrogen-bond acceptors (Lipinski definition) is 11. The lowest BCUT2D eigenvalue weighted by Gasteiger charge is -2.30. The number of benzene rings is 2. The minimum absolute atomic E-state index is 0.00471. The van der Waals surface area contributed by atoms with Crippen LogP contribution in [0, 0.1) is 17.1 Å². The molecule has 0 radical (unpaired) electrons. The largest absolute Gasteiger partial charge is 0.496 e. The molecule has 4 aromatic rings. The first-order valence-corrected chi connectivity index (χ1v) is 14.1. The number of ether oxygens (including phenoxy) is 4. The summed E-state index contributed by atoms with van der Waals surface area (Å²) in [6.07, 6.45) is 2.58. The van der Waals surface area contributed by atoms with Crippen LogP contribution in [0.25, 0.3) is 11.0 Å². The van der Waals surface area contributed by atoms with E-state index < -0.39 is 11.8 Å². The van der Waals surface area contributed by atoms with E-state index in [1.54, 1.807) is 43.8 Å². The van der Waals surface area contributed by atoms with Crippen LogP contribution in [-0.4, -0.2) is 71.9 Å². The van der Waals surface area contributed by atoms with Crippen molar-refractivity contribution in [1.29, 1.82) is 5.26 Å². The maximum Gasteiger partial charge on any atom is 0.338 e. The molecule has 1 saturated heterocycles. The van der Waals surface area contributed by atoms with Crippen LogP contribution < -0.4 is 14.4 Å². The van der Waals surface area contributed by atoms with E-state index >= 15 is 4.39 Å². The molecule has 12 nitrogen and oxygen atoms in total. The third kappa shape index (κ3) is 5.97. The molecule has 2 aliphatic heterocycles. The van der Waals surface area contributed by atoms with Gasteiger partial charge >= 0.3 is 5.97 Å². The van der Waals surface area contributed by atoms with Crippen LogP contribution in [0.3, 0.4) is 0 Å². The highest BCUT2D eigenvalue weighted by atomic mass is 19.1. The average Bonchev–Trinajstić information content (AvgIpc) is 3.38. The number of nitriles is 1. The summed E-state index contributed by atoms with van der Waals surface area (Å²) in [5.74, 6) is 1.10. The zero-order valence-electron chi connectivity index (χ0n) is 24.3. The molecular formula is C31H30FN7O5. The summed E-state index contributed by atoms with van der Waals surface area (Å²) in [4.78, 5) is 23.3. The number of hydrogen-bond donors (Lipinski definition) is 0. The molecule has 0 amide bonds. The smallest absolute Gasteiger partial charge is 0.338 e. The number of aromatic nitrogens is 3. The highest BCUT2D eigenvalue weighted by Gasteiger charge is 2.25. The van der Waals surface area contributed by atoms with Gasteiger partial charge in [-0.15, -0.1) is 0 Å². The Kier molecular flexibility index (Phi) is 8.25. The molecular weight excluding hydrogens is 569 g/mol. The van der Waals surface area contributed by atoms with Gasteiger partial charge in [-0.25, -0.2) is 14.2 Å². The summed E-state index contributed by atoms with van der Waals surface area (Å²) in [6, 6.07) is 15.5. The van der Waals surface area contributed by atoms with E-state index in [2.05, 4.69) is 21.1 Å². The van der Waals surface area contributed by atoms with Gasteiger partial charge in [0.05, 0.1) is 62.7 Å². The number of nitrogens with zero attached hydrogens (tertiary/aromatic N) is 7. The molecule has 2 aliphatic rings. The van der Waals surface area contributed by atoms with Gasteiger partial charge in [-0.2, -0.15) is 15.3 Å². The van der Waals surface area contributed by atoms with Crippen LogP contribution in [-0.2, 0) is 29.2 Å². The molecule has 1 atom stereocenters. The Morgan fingerprint density at radius 1 is 1.16 bits per heavy atom. The summed E-state index contributed by atoms with van der Waals surface area (Å²) >= 11 is 0. The van der Waals surface area contributed by atoms with E-state index in [1.807, 2.05) is 26.6 Å². The SMILES string of the molecule is COC(=O)c1cc(F)c2nc(CN3CCN(c4cccc(OCc5ccc(C#N)cc5OC)n4)C=N3)n(C[C@@H]3CCO3)c2c1. The van der Waals surface area contributed by atoms with Crippen LogP contribution in [0.4, 0.5) is 10.2 Å². The number of fused-ring (bicyclic) bond motifs is 1. The van der Waals surface area contributed by atoms with Gasteiger partial charge in [0, 0.05) is 24.8 Å². The predicted molar refractivity (Wildman–Crippen MR) is 158 cm³/mol. The summed E-state index contributed by atoms with van der Waals surface area (Å²) in [6.45, 7) is 2.89. The second-order valence-electron chi connectivity index (χ2n) is 10.3. The number of imidazole rings is 1. The van der Waals surface area contributed by atoms with Gasteiger partial charge in [0.25, 0.3) is 0 Å². The second-order valence-corrected chi connectivity index (χ2v) is 10.3. The highest BCUT2D eigenvalue weighted by molar-refractivity contribution is 5.94. The summed E-state index contributed by atoms with van der Waals surface area (Å²) in [5.41, 5.74) is 2.13. The topological polar surface area (TPSA) is 127 Å². The van der Waals surface area contributed by atoms with Crippen molar-refractivity contribution in [2.45, 2.75) is 32.2 Å². The number of halogens is 1. The summed E-state index contributed by atoms with van der Waals surface area (Å²) in [5, 5.41) is 15.6. The predicted octanol–water partition coefficient (Wildman–Crippen LogP) is 3.87. The monoisotopic (exact) mass is 599 g/mol. The molecule has 4 heterocycles. The van der Waals surface area contributed by atoms with E-state index in [0.717, 1.165) is 18.1 Å². The van der Waals surface area contributed by atoms with Crippen LogP contribution in [0.2, 0.25) is 0 Å². The molecule has 2 aromatic heterocycles. The number of pyridine rings is 1. The van der Waals surface area contributed by atoms with Crippen molar-refractivity contribution >= 4 is 29.2 Å². The lowest BCUT2D eigenvalue weighted by molar-refractivity contribution is -0.0592. The minimum Gasteiger partial charge on any atom is -0.496 e. The number of carbonyl (C=O) groups excluding carboxylic acids is 1. The van der Waals surface area contributed by atoms with E-state index in [1.165, 1.54) is 7.11 Å². The molecule has 0 spiro atoms. The van der Waals surface area contributed by atoms with Gasteiger partial charge in [0.1, 0.15) is 35.9 Å². The fraction of sp³-hybridized carbons (Fsp3) is 0.323. The van der Waals surface area contributed by atoms with E-state index in [-0.39, 0.29) is 23.8 Å². The molecule has 0 saturated carbocycles. The molecule has 226 valence electrons. The Balaban J connectivity index is 1.16. The van der Waals surface area contributed by atoms with Crippen molar-refractivity contribution in [1.82, 2.24) is 19.5 Å². The van der Waals surface area contributed by atoms with Crippen molar-refractivity contribution in [3.05, 3.63) is 76.9 Å². The van der Waals surface area contributed by atoms with E-state index in [9.17, 15) is 4.79 Å². The molecule has 2 aromatic carbocycles. The van der Waals surface area contributed by atoms with Crippen LogP contribution >= 0.6 is 0 Å². The molecule has 0 aliphatic carbocycles. The number of anilines is 1. The van der Waals surface area contributed by atoms with Gasteiger partial charge in [0.15, 0.2) is 5.82 Å².